The first-order chi connectivity index (χ1) is 14.7. The zero-order valence-corrected chi connectivity index (χ0v) is 16.5. The van der Waals surface area contributed by atoms with Gasteiger partial charge in [-0.05, 0) is 31.0 Å². The number of pyridine rings is 2. The minimum Gasteiger partial charge on any atom is -0.348 e. The Bertz CT molecular complexity index is 1500. The van der Waals surface area contributed by atoms with E-state index in [1.54, 1.807) is 4.40 Å². The van der Waals surface area contributed by atoms with Gasteiger partial charge in [-0.1, -0.05) is 55.7 Å². The highest BCUT2D eigenvalue weighted by Gasteiger charge is 2.22. The van der Waals surface area contributed by atoms with Crippen molar-refractivity contribution in [3.8, 4) is 0 Å². The summed E-state index contributed by atoms with van der Waals surface area (Å²) in [5, 5.41) is 6.44. The molecule has 3 aromatic heterocycles. The van der Waals surface area contributed by atoms with Crippen LogP contribution in [0.25, 0.3) is 38.1 Å². The molecule has 0 unspecified atom stereocenters. The second-order valence-corrected chi connectivity index (χ2v) is 8.26. The van der Waals surface area contributed by atoms with E-state index in [-0.39, 0.29) is 17.5 Å². The summed E-state index contributed by atoms with van der Waals surface area (Å²) in [6, 6.07) is 17.4. The SMILES string of the molecule is O=C(NC1CCCCC1)c1cc2c3ccccc3n3c(=O)c4ccccc4c(n1)c23. The summed E-state index contributed by atoms with van der Waals surface area (Å²) in [5.41, 5.74) is 2.70. The Morgan fingerprint density at radius 1 is 0.900 bits per heavy atom. The Kier molecular flexibility index (Phi) is 3.78. The average molecular weight is 395 g/mol. The molecule has 1 aliphatic carbocycles. The molecule has 0 aliphatic heterocycles. The fourth-order valence-corrected chi connectivity index (χ4v) is 5.00. The lowest BCUT2D eigenvalue weighted by Gasteiger charge is -2.22. The molecule has 1 N–H and O–H groups in total. The maximum Gasteiger partial charge on any atom is 0.270 e. The van der Waals surface area contributed by atoms with Crippen molar-refractivity contribution >= 4 is 44.0 Å². The molecule has 0 saturated heterocycles. The molecule has 0 spiro atoms. The van der Waals surface area contributed by atoms with Gasteiger partial charge in [-0.2, -0.15) is 0 Å². The van der Waals surface area contributed by atoms with E-state index in [1.807, 2.05) is 54.6 Å². The smallest absolute Gasteiger partial charge is 0.270 e. The number of nitrogens with zero attached hydrogens (tertiary/aromatic N) is 2. The van der Waals surface area contributed by atoms with Crippen LogP contribution >= 0.6 is 0 Å². The summed E-state index contributed by atoms with van der Waals surface area (Å²) in [4.78, 5) is 31.2. The maximum atomic E-state index is 13.3. The second-order valence-electron chi connectivity index (χ2n) is 8.26. The van der Waals surface area contributed by atoms with Gasteiger partial charge in [0.2, 0.25) is 0 Å². The van der Waals surface area contributed by atoms with Crippen LogP contribution in [-0.2, 0) is 0 Å². The molecule has 1 amide bonds. The number of aromatic nitrogens is 2. The fraction of sp³-hybridized carbons (Fsp3) is 0.240. The van der Waals surface area contributed by atoms with Crippen LogP contribution < -0.4 is 10.9 Å². The monoisotopic (exact) mass is 395 g/mol. The van der Waals surface area contributed by atoms with Crippen molar-refractivity contribution in [2.45, 2.75) is 38.1 Å². The molecular formula is C25H21N3O2. The Hall–Kier alpha value is -3.47. The fourth-order valence-electron chi connectivity index (χ4n) is 5.00. The van der Waals surface area contributed by atoms with Gasteiger partial charge in [0.15, 0.2) is 0 Å². The molecule has 5 aromatic rings. The average Bonchev–Trinajstić information content (AvgIpc) is 3.13. The summed E-state index contributed by atoms with van der Waals surface area (Å²) in [7, 11) is 0. The van der Waals surface area contributed by atoms with Crippen LogP contribution in [-0.4, -0.2) is 21.3 Å². The van der Waals surface area contributed by atoms with E-state index in [4.69, 9.17) is 4.98 Å². The van der Waals surface area contributed by atoms with E-state index in [9.17, 15) is 9.59 Å². The van der Waals surface area contributed by atoms with Gasteiger partial charge in [0.25, 0.3) is 11.5 Å². The van der Waals surface area contributed by atoms with Gasteiger partial charge >= 0.3 is 0 Å². The van der Waals surface area contributed by atoms with Crippen LogP contribution in [0.15, 0.2) is 59.4 Å². The van der Waals surface area contributed by atoms with Gasteiger partial charge in [-0.3, -0.25) is 14.0 Å². The third-order valence-electron chi connectivity index (χ3n) is 6.44. The van der Waals surface area contributed by atoms with E-state index >= 15 is 0 Å². The molecule has 3 heterocycles. The molecule has 0 atom stereocenters. The maximum absolute atomic E-state index is 13.3. The molecule has 0 radical (unpaired) electrons. The Balaban J connectivity index is 1.67. The topological polar surface area (TPSA) is 63.5 Å². The molecule has 1 fully saturated rings. The number of para-hydroxylation sites is 1. The number of rotatable bonds is 2. The number of nitrogens with one attached hydrogen (secondary N) is 1. The number of hydrogen-bond donors (Lipinski definition) is 1. The summed E-state index contributed by atoms with van der Waals surface area (Å²) in [6.07, 6.45) is 5.61. The number of benzene rings is 2. The molecule has 1 saturated carbocycles. The highest BCUT2D eigenvalue weighted by atomic mass is 16.2. The molecule has 6 rings (SSSR count). The summed E-state index contributed by atoms with van der Waals surface area (Å²) < 4.78 is 1.75. The lowest BCUT2D eigenvalue weighted by atomic mass is 9.95. The van der Waals surface area contributed by atoms with Crippen LogP contribution in [0, 0.1) is 0 Å². The third kappa shape index (κ3) is 2.45. The van der Waals surface area contributed by atoms with Gasteiger partial charge in [0, 0.05) is 27.6 Å². The van der Waals surface area contributed by atoms with Crippen molar-refractivity contribution in [3.63, 3.8) is 0 Å². The van der Waals surface area contributed by atoms with E-state index < -0.39 is 0 Å². The van der Waals surface area contributed by atoms with E-state index in [1.165, 1.54) is 6.42 Å². The number of hydrogen-bond acceptors (Lipinski definition) is 3. The predicted molar refractivity (Wildman–Crippen MR) is 120 cm³/mol. The number of carbonyl (C=O) groups is 1. The van der Waals surface area contributed by atoms with Gasteiger partial charge < -0.3 is 5.32 Å². The molecular weight excluding hydrogens is 374 g/mol. The van der Waals surface area contributed by atoms with Crippen LogP contribution in [0.2, 0.25) is 0 Å². The molecule has 5 heteroatoms. The first-order valence-electron chi connectivity index (χ1n) is 10.6. The molecule has 5 nitrogen and oxygen atoms in total. The number of fused-ring (bicyclic) bond motifs is 5. The van der Waals surface area contributed by atoms with Crippen molar-refractivity contribution in [1.29, 1.82) is 0 Å². The molecule has 148 valence electrons. The van der Waals surface area contributed by atoms with Crippen LogP contribution in [0.5, 0.6) is 0 Å². The standard InChI is InChI=1S/C25H21N3O2/c29-24(26-15-8-2-1-3-9-15)20-14-19-16-10-6-7-13-21(16)28-23(19)22(27-20)17-11-4-5-12-18(17)25(28)30/h4-7,10-15H,1-3,8-9H2,(H,26,29). The summed E-state index contributed by atoms with van der Waals surface area (Å²) in [5.74, 6) is -0.133. The first-order valence-corrected chi connectivity index (χ1v) is 10.6. The van der Waals surface area contributed by atoms with Crippen LogP contribution in [0.3, 0.4) is 0 Å². The van der Waals surface area contributed by atoms with Crippen molar-refractivity contribution < 1.29 is 4.79 Å². The van der Waals surface area contributed by atoms with Crippen LogP contribution in [0.1, 0.15) is 42.6 Å². The van der Waals surface area contributed by atoms with E-state index in [0.29, 0.717) is 16.6 Å². The highest BCUT2D eigenvalue weighted by Crippen LogP contribution is 2.33. The van der Waals surface area contributed by atoms with E-state index in [0.717, 1.165) is 52.9 Å². The Morgan fingerprint density at radius 3 is 2.40 bits per heavy atom. The largest absolute Gasteiger partial charge is 0.348 e. The van der Waals surface area contributed by atoms with Crippen LogP contribution in [0.4, 0.5) is 0 Å². The second kappa shape index (κ2) is 6.52. The zero-order valence-electron chi connectivity index (χ0n) is 16.5. The van der Waals surface area contributed by atoms with Crippen molar-refractivity contribution in [2.24, 2.45) is 0 Å². The van der Waals surface area contributed by atoms with Gasteiger partial charge in [0.05, 0.1) is 16.6 Å². The molecule has 30 heavy (non-hydrogen) atoms. The summed E-state index contributed by atoms with van der Waals surface area (Å²) >= 11 is 0. The quantitative estimate of drug-likeness (QED) is 0.442. The first kappa shape index (κ1) is 17.4. The van der Waals surface area contributed by atoms with Crippen molar-refractivity contribution in [3.05, 3.63) is 70.6 Å². The Morgan fingerprint density at radius 2 is 1.60 bits per heavy atom. The minimum absolute atomic E-state index is 0.0505. The predicted octanol–water partition coefficient (Wildman–Crippen LogP) is 4.65. The normalized spacial score (nSPS) is 15.5. The molecule has 0 bridgehead atoms. The Labute approximate surface area is 172 Å². The van der Waals surface area contributed by atoms with Gasteiger partial charge in [-0.15, -0.1) is 0 Å². The van der Waals surface area contributed by atoms with Gasteiger partial charge in [-0.25, -0.2) is 4.98 Å². The lowest BCUT2D eigenvalue weighted by molar-refractivity contribution is 0.0923. The van der Waals surface area contributed by atoms with Gasteiger partial charge in [0.1, 0.15) is 5.69 Å². The number of amides is 1. The van der Waals surface area contributed by atoms with Crippen molar-refractivity contribution in [2.75, 3.05) is 0 Å². The highest BCUT2D eigenvalue weighted by molar-refractivity contribution is 6.20. The van der Waals surface area contributed by atoms with E-state index in [2.05, 4.69) is 5.32 Å². The zero-order chi connectivity index (χ0) is 20.2. The van der Waals surface area contributed by atoms with Crippen molar-refractivity contribution in [1.82, 2.24) is 14.7 Å². The number of carbonyl (C=O) groups excluding carboxylic acids is 1. The minimum atomic E-state index is -0.133. The summed E-state index contributed by atoms with van der Waals surface area (Å²) in [6.45, 7) is 0. The molecule has 2 aromatic carbocycles. The lowest BCUT2D eigenvalue weighted by Crippen LogP contribution is -2.36. The third-order valence-corrected chi connectivity index (χ3v) is 6.44. The molecule has 1 aliphatic rings.